The van der Waals surface area contributed by atoms with E-state index in [-0.39, 0.29) is 12.1 Å². The number of aryl methyl sites for hydroxylation is 1. The Morgan fingerprint density at radius 3 is 3.00 bits per heavy atom. The molecule has 1 saturated heterocycles. The van der Waals surface area contributed by atoms with Gasteiger partial charge in [0, 0.05) is 25.3 Å². The fourth-order valence-electron chi connectivity index (χ4n) is 2.27. The van der Waals surface area contributed by atoms with Crippen LogP contribution < -0.4 is 16.4 Å². The summed E-state index contributed by atoms with van der Waals surface area (Å²) in [5.41, 5.74) is 12.6. The number of morpholine rings is 1. The Morgan fingerprint density at radius 1 is 1.63 bits per heavy atom. The molecule has 0 aliphatic carbocycles. The van der Waals surface area contributed by atoms with E-state index in [0.29, 0.717) is 31.1 Å². The molecule has 6 heteroatoms. The second-order valence-electron chi connectivity index (χ2n) is 4.91. The molecule has 0 aromatic carbocycles. The van der Waals surface area contributed by atoms with E-state index >= 15 is 0 Å². The van der Waals surface area contributed by atoms with Crippen LogP contribution >= 0.6 is 0 Å². The number of rotatable bonds is 3. The number of primary amides is 1. The largest absolute Gasteiger partial charge is 0.373 e. The Morgan fingerprint density at radius 2 is 2.37 bits per heavy atom. The molecule has 1 aliphatic heterocycles. The minimum atomic E-state index is -0.454. The van der Waals surface area contributed by atoms with Crippen molar-refractivity contribution in [1.82, 2.24) is 4.98 Å². The average Bonchev–Trinajstić information content (AvgIpc) is 2.38. The Bertz CT molecular complexity index is 476. The number of amides is 1. The maximum atomic E-state index is 11.6. The number of ether oxygens (including phenoxy) is 1. The van der Waals surface area contributed by atoms with Gasteiger partial charge >= 0.3 is 0 Å². The van der Waals surface area contributed by atoms with Gasteiger partial charge < -0.3 is 21.1 Å². The minimum absolute atomic E-state index is 0.0585. The summed E-state index contributed by atoms with van der Waals surface area (Å²) in [6.45, 7) is 5.63. The highest BCUT2D eigenvalue weighted by atomic mass is 16.5. The monoisotopic (exact) mass is 264 g/mol. The van der Waals surface area contributed by atoms with Crippen molar-refractivity contribution in [3.05, 3.63) is 23.4 Å². The number of carbonyl (C=O) groups is 1. The van der Waals surface area contributed by atoms with Crippen molar-refractivity contribution in [1.29, 1.82) is 0 Å². The topological polar surface area (TPSA) is 94.5 Å². The van der Waals surface area contributed by atoms with Crippen LogP contribution in [0.4, 0.5) is 5.82 Å². The fraction of sp³-hybridized carbons (Fsp3) is 0.538. The minimum Gasteiger partial charge on any atom is -0.373 e. The molecule has 0 spiro atoms. The molecule has 6 nitrogen and oxygen atoms in total. The van der Waals surface area contributed by atoms with Crippen LogP contribution in [0.1, 0.15) is 22.8 Å². The lowest BCUT2D eigenvalue weighted by atomic mass is 10.1. The third-order valence-corrected chi connectivity index (χ3v) is 3.37. The zero-order valence-electron chi connectivity index (χ0n) is 11.3. The van der Waals surface area contributed by atoms with Crippen LogP contribution in [0.15, 0.2) is 12.3 Å². The van der Waals surface area contributed by atoms with Crippen molar-refractivity contribution in [2.24, 2.45) is 11.5 Å². The molecule has 0 bridgehead atoms. The normalized spacial score (nSPS) is 21.2. The highest BCUT2D eigenvalue weighted by molar-refractivity contribution is 5.99. The van der Waals surface area contributed by atoms with Crippen molar-refractivity contribution < 1.29 is 9.53 Å². The van der Waals surface area contributed by atoms with E-state index in [1.165, 1.54) is 0 Å². The number of nitrogens with two attached hydrogens (primary N) is 2. The lowest BCUT2D eigenvalue weighted by molar-refractivity contribution is 0.0273. The summed E-state index contributed by atoms with van der Waals surface area (Å²) in [6, 6.07) is 1.72. The molecule has 1 fully saturated rings. The molecule has 19 heavy (non-hydrogen) atoms. The number of hydrogen-bond donors (Lipinski definition) is 2. The van der Waals surface area contributed by atoms with E-state index in [9.17, 15) is 4.79 Å². The van der Waals surface area contributed by atoms with Crippen LogP contribution in [-0.4, -0.2) is 42.7 Å². The fourth-order valence-corrected chi connectivity index (χ4v) is 2.27. The highest BCUT2D eigenvalue weighted by Gasteiger charge is 2.27. The number of carbonyl (C=O) groups excluding carboxylic acids is 1. The molecule has 2 heterocycles. The van der Waals surface area contributed by atoms with Crippen LogP contribution in [-0.2, 0) is 4.74 Å². The first kappa shape index (κ1) is 13.8. The Balaban J connectivity index is 2.31. The van der Waals surface area contributed by atoms with Gasteiger partial charge in [0.05, 0.1) is 18.3 Å². The van der Waals surface area contributed by atoms with Crippen LogP contribution in [0.5, 0.6) is 0 Å². The van der Waals surface area contributed by atoms with E-state index < -0.39 is 5.91 Å². The summed E-state index contributed by atoms with van der Waals surface area (Å²) in [5.74, 6) is 0.172. The molecule has 2 rings (SSSR count). The smallest absolute Gasteiger partial charge is 0.252 e. The molecule has 4 N–H and O–H groups in total. The molecule has 1 aromatic heterocycles. The van der Waals surface area contributed by atoms with E-state index in [2.05, 4.69) is 4.98 Å². The van der Waals surface area contributed by atoms with Gasteiger partial charge in [0.15, 0.2) is 0 Å². The van der Waals surface area contributed by atoms with Crippen molar-refractivity contribution in [2.75, 3.05) is 24.6 Å². The van der Waals surface area contributed by atoms with Gasteiger partial charge in [0.25, 0.3) is 5.91 Å². The number of pyridine rings is 1. The van der Waals surface area contributed by atoms with Crippen LogP contribution in [0.3, 0.4) is 0 Å². The Labute approximate surface area is 112 Å². The molecule has 1 amide bonds. The summed E-state index contributed by atoms with van der Waals surface area (Å²) in [6.07, 6.45) is 1.63. The molecule has 1 aliphatic rings. The zero-order chi connectivity index (χ0) is 14.0. The van der Waals surface area contributed by atoms with Gasteiger partial charge in [-0.15, -0.1) is 0 Å². The molecule has 1 aromatic rings. The number of nitrogens with zero attached hydrogens (tertiary/aromatic N) is 2. The third-order valence-electron chi connectivity index (χ3n) is 3.37. The predicted molar refractivity (Wildman–Crippen MR) is 73.1 cm³/mol. The number of aromatic nitrogens is 1. The highest BCUT2D eigenvalue weighted by Crippen LogP contribution is 2.23. The quantitative estimate of drug-likeness (QED) is 0.804. The predicted octanol–water partition coefficient (Wildman–Crippen LogP) is 0.0413. The maximum Gasteiger partial charge on any atom is 0.252 e. The number of anilines is 1. The first-order valence-corrected chi connectivity index (χ1v) is 6.38. The van der Waals surface area contributed by atoms with Gasteiger partial charge in [-0.3, -0.25) is 4.79 Å². The molecular weight excluding hydrogens is 244 g/mol. The standard InChI is InChI=1S/C13H20N4O2/c1-8-3-4-16-13(11(8)12(15)18)17-5-6-19-10(7-17)9(2)14/h3-4,9-10H,5-7,14H2,1-2H3,(H2,15,18). The SMILES string of the molecule is Cc1ccnc(N2CCOC(C(C)N)C2)c1C(N)=O. The number of hydrogen-bond acceptors (Lipinski definition) is 5. The van der Waals surface area contributed by atoms with Gasteiger partial charge in [-0.1, -0.05) is 0 Å². The second kappa shape index (κ2) is 5.54. The summed E-state index contributed by atoms with van der Waals surface area (Å²) in [7, 11) is 0. The van der Waals surface area contributed by atoms with Crippen LogP contribution in [0.25, 0.3) is 0 Å². The van der Waals surface area contributed by atoms with Gasteiger partial charge in [0.1, 0.15) is 5.82 Å². The van der Waals surface area contributed by atoms with E-state index in [0.717, 1.165) is 5.56 Å². The van der Waals surface area contributed by atoms with Gasteiger partial charge in [-0.2, -0.15) is 0 Å². The van der Waals surface area contributed by atoms with E-state index in [4.69, 9.17) is 16.2 Å². The van der Waals surface area contributed by atoms with Crippen LogP contribution in [0.2, 0.25) is 0 Å². The van der Waals surface area contributed by atoms with Crippen molar-refractivity contribution in [2.45, 2.75) is 26.0 Å². The summed E-state index contributed by atoms with van der Waals surface area (Å²) in [5, 5.41) is 0. The molecule has 0 radical (unpaired) electrons. The van der Waals surface area contributed by atoms with Crippen molar-refractivity contribution in [3.63, 3.8) is 0 Å². The summed E-state index contributed by atoms with van der Waals surface area (Å²) < 4.78 is 5.61. The Hall–Kier alpha value is -1.66. The molecule has 2 atom stereocenters. The second-order valence-corrected chi connectivity index (χ2v) is 4.91. The lowest BCUT2D eigenvalue weighted by Gasteiger charge is -2.36. The molecule has 104 valence electrons. The Kier molecular flexibility index (Phi) is 4.01. The van der Waals surface area contributed by atoms with Gasteiger partial charge in [-0.25, -0.2) is 4.98 Å². The average molecular weight is 264 g/mol. The van der Waals surface area contributed by atoms with Gasteiger partial charge in [0.2, 0.25) is 0 Å². The van der Waals surface area contributed by atoms with Crippen molar-refractivity contribution >= 4 is 11.7 Å². The van der Waals surface area contributed by atoms with E-state index in [1.54, 1.807) is 12.3 Å². The first-order chi connectivity index (χ1) is 9.00. The maximum absolute atomic E-state index is 11.6. The summed E-state index contributed by atoms with van der Waals surface area (Å²) >= 11 is 0. The molecule has 2 unspecified atom stereocenters. The first-order valence-electron chi connectivity index (χ1n) is 6.38. The van der Waals surface area contributed by atoms with Crippen LogP contribution in [0, 0.1) is 6.92 Å². The lowest BCUT2D eigenvalue weighted by Crippen LogP contribution is -2.50. The van der Waals surface area contributed by atoms with Gasteiger partial charge in [-0.05, 0) is 25.5 Å². The van der Waals surface area contributed by atoms with E-state index in [1.807, 2.05) is 18.7 Å². The third kappa shape index (κ3) is 2.85. The molecular formula is C13H20N4O2. The van der Waals surface area contributed by atoms with Crippen molar-refractivity contribution in [3.8, 4) is 0 Å². The summed E-state index contributed by atoms with van der Waals surface area (Å²) in [4.78, 5) is 17.9. The zero-order valence-corrected chi connectivity index (χ0v) is 11.3. The molecule has 0 saturated carbocycles.